The van der Waals surface area contributed by atoms with Crippen molar-refractivity contribution in [3.63, 3.8) is 0 Å². The van der Waals surface area contributed by atoms with Crippen LogP contribution in [0.1, 0.15) is 49.5 Å². The maximum absolute atomic E-state index is 14.2. The predicted octanol–water partition coefficient (Wildman–Crippen LogP) is 4.50. The van der Waals surface area contributed by atoms with Crippen molar-refractivity contribution >= 4 is 11.0 Å². The van der Waals surface area contributed by atoms with E-state index in [0.29, 0.717) is 23.8 Å². The molecule has 1 heterocycles. The van der Waals surface area contributed by atoms with Crippen LogP contribution in [0.2, 0.25) is 0 Å². The fourth-order valence-electron chi connectivity index (χ4n) is 2.77. The largest absolute Gasteiger partial charge is 0.459 e. The minimum absolute atomic E-state index is 0.147. The first-order chi connectivity index (χ1) is 9.58. The summed E-state index contributed by atoms with van der Waals surface area (Å²) in [6.07, 6.45) is 2.30. The number of halogens is 1. The zero-order valence-electron chi connectivity index (χ0n) is 12.4. The van der Waals surface area contributed by atoms with Gasteiger partial charge in [-0.25, -0.2) is 4.39 Å². The highest BCUT2D eigenvalue weighted by molar-refractivity contribution is 5.86. The molecule has 108 valence electrons. The molecule has 1 aliphatic rings. The van der Waals surface area contributed by atoms with Crippen molar-refractivity contribution < 1.29 is 8.81 Å². The number of furan rings is 1. The van der Waals surface area contributed by atoms with Gasteiger partial charge in [0, 0.05) is 5.56 Å². The molecule has 0 atom stereocenters. The number of rotatable bonds is 5. The molecule has 1 fully saturated rings. The van der Waals surface area contributed by atoms with E-state index < -0.39 is 0 Å². The van der Waals surface area contributed by atoms with Crippen LogP contribution in [0.4, 0.5) is 4.39 Å². The van der Waals surface area contributed by atoms with Crippen molar-refractivity contribution in [2.24, 2.45) is 5.92 Å². The van der Waals surface area contributed by atoms with Crippen LogP contribution in [-0.4, -0.2) is 6.54 Å². The standard InChI is InChI=1S/C17H22FNO/c1-10(2)8-19-9-14-15(12-5-6-12)16-13(18)7-4-11(3)17(16)20-14/h4,7,10,12,19H,5-6,8-9H2,1-3H3. The molecule has 2 aromatic rings. The number of benzene rings is 1. The highest BCUT2D eigenvalue weighted by atomic mass is 19.1. The van der Waals surface area contributed by atoms with Crippen molar-refractivity contribution in [2.45, 2.75) is 46.1 Å². The lowest BCUT2D eigenvalue weighted by atomic mass is 10.0. The smallest absolute Gasteiger partial charge is 0.140 e. The maximum Gasteiger partial charge on any atom is 0.140 e. The topological polar surface area (TPSA) is 25.2 Å². The third kappa shape index (κ3) is 2.47. The van der Waals surface area contributed by atoms with Crippen LogP contribution in [-0.2, 0) is 6.54 Å². The highest BCUT2D eigenvalue weighted by Crippen LogP contribution is 2.47. The Balaban J connectivity index is 2.00. The van der Waals surface area contributed by atoms with Gasteiger partial charge < -0.3 is 9.73 Å². The summed E-state index contributed by atoms with van der Waals surface area (Å²) in [5.74, 6) is 1.87. The maximum atomic E-state index is 14.2. The number of hydrogen-bond donors (Lipinski definition) is 1. The third-order valence-corrected chi connectivity index (χ3v) is 3.92. The van der Waals surface area contributed by atoms with Crippen LogP contribution in [0.3, 0.4) is 0 Å². The van der Waals surface area contributed by atoms with E-state index in [1.807, 2.05) is 6.92 Å². The Hall–Kier alpha value is -1.35. The zero-order chi connectivity index (χ0) is 14.3. The van der Waals surface area contributed by atoms with Crippen LogP contribution in [0.25, 0.3) is 11.0 Å². The second-order valence-corrected chi connectivity index (χ2v) is 6.31. The van der Waals surface area contributed by atoms with Gasteiger partial charge >= 0.3 is 0 Å². The highest BCUT2D eigenvalue weighted by Gasteiger charge is 2.32. The lowest BCUT2D eigenvalue weighted by Gasteiger charge is -2.07. The molecule has 0 amide bonds. The summed E-state index contributed by atoms with van der Waals surface area (Å²) in [5.41, 5.74) is 2.85. The van der Waals surface area contributed by atoms with Crippen molar-refractivity contribution in [3.8, 4) is 0 Å². The van der Waals surface area contributed by atoms with Gasteiger partial charge in [0.05, 0.1) is 11.9 Å². The van der Waals surface area contributed by atoms with Crippen LogP contribution in [0.5, 0.6) is 0 Å². The summed E-state index contributed by atoms with van der Waals surface area (Å²) in [6.45, 7) is 7.97. The van der Waals surface area contributed by atoms with Crippen LogP contribution in [0.15, 0.2) is 16.5 Å². The second kappa shape index (κ2) is 5.21. The first-order valence-electron chi connectivity index (χ1n) is 7.49. The van der Waals surface area contributed by atoms with E-state index in [9.17, 15) is 4.39 Å². The fraction of sp³-hybridized carbons (Fsp3) is 0.529. The fourth-order valence-corrected chi connectivity index (χ4v) is 2.77. The molecule has 0 saturated heterocycles. The minimum Gasteiger partial charge on any atom is -0.459 e. The van der Waals surface area contributed by atoms with Crippen LogP contribution >= 0.6 is 0 Å². The van der Waals surface area contributed by atoms with Gasteiger partial charge in [-0.1, -0.05) is 19.9 Å². The molecule has 0 bridgehead atoms. The summed E-state index contributed by atoms with van der Waals surface area (Å²) >= 11 is 0. The van der Waals surface area contributed by atoms with Gasteiger partial charge in [0.1, 0.15) is 17.2 Å². The number of hydrogen-bond acceptors (Lipinski definition) is 2. The summed E-state index contributed by atoms with van der Waals surface area (Å²) in [7, 11) is 0. The van der Waals surface area contributed by atoms with Gasteiger partial charge in [0.25, 0.3) is 0 Å². The SMILES string of the molecule is Cc1ccc(F)c2c(C3CC3)c(CNCC(C)C)oc12. The summed E-state index contributed by atoms with van der Waals surface area (Å²) in [4.78, 5) is 0. The minimum atomic E-state index is -0.147. The second-order valence-electron chi connectivity index (χ2n) is 6.31. The van der Waals surface area contributed by atoms with Gasteiger partial charge in [-0.05, 0) is 49.8 Å². The molecule has 20 heavy (non-hydrogen) atoms. The number of nitrogens with one attached hydrogen (secondary N) is 1. The molecule has 0 radical (unpaired) electrons. The molecule has 2 nitrogen and oxygen atoms in total. The van der Waals surface area contributed by atoms with Crippen molar-refractivity contribution in [1.82, 2.24) is 5.32 Å². The molecule has 1 aromatic heterocycles. The van der Waals surface area contributed by atoms with E-state index >= 15 is 0 Å². The molecule has 1 saturated carbocycles. The van der Waals surface area contributed by atoms with E-state index in [4.69, 9.17) is 4.42 Å². The van der Waals surface area contributed by atoms with Crippen molar-refractivity contribution in [1.29, 1.82) is 0 Å². The molecule has 0 unspecified atom stereocenters. The van der Waals surface area contributed by atoms with E-state index in [-0.39, 0.29) is 5.82 Å². The monoisotopic (exact) mass is 275 g/mol. The quantitative estimate of drug-likeness (QED) is 0.869. The molecular weight excluding hydrogens is 253 g/mol. The Bertz CT molecular complexity index is 625. The molecule has 0 spiro atoms. The van der Waals surface area contributed by atoms with Crippen LogP contribution < -0.4 is 5.32 Å². The zero-order valence-corrected chi connectivity index (χ0v) is 12.4. The van der Waals surface area contributed by atoms with E-state index in [2.05, 4.69) is 19.2 Å². The first kappa shape index (κ1) is 13.6. The first-order valence-corrected chi connectivity index (χ1v) is 7.49. The molecule has 0 aliphatic heterocycles. The van der Waals surface area contributed by atoms with Gasteiger partial charge in [0.2, 0.25) is 0 Å². The van der Waals surface area contributed by atoms with Gasteiger partial charge in [0.15, 0.2) is 0 Å². The van der Waals surface area contributed by atoms with Crippen LogP contribution in [0, 0.1) is 18.7 Å². The number of aryl methyl sites for hydroxylation is 1. The van der Waals surface area contributed by atoms with Gasteiger partial charge in [-0.15, -0.1) is 0 Å². The predicted molar refractivity (Wildman–Crippen MR) is 79.4 cm³/mol. The summed E-state index contributed by atoms with van der Waals surface area (Å²) < 4.78 is 20.2. The van der Waals surface area contributed by atoms with Gasteiger partial charge in [-0.3, -0.25) is 0 Å². The Morgan fingerprint density at radius 3 is 2.75 bits per heavy atom. The third-order valence-electron chi connectivity index (χ3n) is 3.92. The summed E-state index contributed by atoms with van der Waals surface area (Å²) in [6, 6.07) is 3.35. The Labute approximate surface area is 119 Å². The van der Waals surface area contributed by atoms with E-state index in [0.717, 1.165) is 41.9 Å². The van der Waals surface area contributed by atoms with Gasteiger partial charge in [-0.2, -0.15) is 0 Å². The Morgan fingerprint density at radius 1 is 1.35 bits per heavy atom. The molecule has 3 rings (SSSR count). The molecular formula is C17H22FNO. The lowest BCUT2D eigenvalue weighted by Crippen LogP contribution is -2.19. The molecule has 3 heteroatoms. The average Bonchev–Trinajstić information content (AvgIpc) is 3.15. The van der Waals surface area contributed by atoms with E-state index in [1.165, 1.54) is 0 Å². The Kier molecular flexibility index (Phi) is 3.55. The molecule has 1 aliphatic carbocycles. The Morgan fingerprint density at radius 2 is 2.10 bits per heavy atom. The molecule has 1 N–H and O–H groups in total. The van der Waals surface area contributed by atoms with Crippen molar-refractivity contribution in [3.05, 3.63) is 34.8 Å². The average molecular weight is 275 g/mol. The normalized spacial score (nSPS) is 15.4. The summed E-state index contributed by atoms with van der Waals surface area (Å²) in [5, 5.41) is 4.12. The van der Waals surface area contributed by atoms with E-state index in [1.54, 1.807) is 12.1 Å². The lowest BCUT2D eigenvalue weighted by molar-refractivity contribution is 0.480. The van der Waals surface area contributed by atoms with Crippen molar-refractivity contribution in [2.75, 3.05) is 6.54 Å². The number of fused-ring (bicyclic) bond motifs is 1. The molecule has 1 aromatic carbocycles.